The van der Waals surface area contributed by atoms with Crippen molar-refractivity contribution in [2.75, 3.05) is 32.8 Å². The van der Waals surface area contributed by atoms with Gasteiger partial charge in [-0.15, -0.1) is 0 Å². The van der Waals surface area contributed by atoms with Crippen molar-refractivity contribution in [2.45, 2.75) is 39.5 Å². The topological polar surface area (TPSA) is 12.5 Å². The lowest BCUT2D eigenvalue weighted by Gasteiger charge is -2.30. The molecule has 1 atom stereocenters. The van der Waals surface area contributed by atoms with E-state index in [-0.39, 0.29) is 0 Å². The third kappa shape index (κ3) is 4.43. The number of hydrogen-bond donors (Lipinski definition) is 0. The molecule has 0 radical (unpaired) electrons. The molecule has 0 aromatic carbocycles. The van der Waals surface area contributed by atoms with Crippen LogP contribution in [0.5, 0.6) is 0 Å². The summed E-state index contributed by atoms with van der Waals surface area (Å²) in [5.41, 5.74) is 0. The Morgan fingerprint density at radius 1 is 1.21 bits per heavy atom. The number of rotatable bonds is 6. The Kier molecular flexibility index (Phi) is 6.20. The number of morpholine rings is 1. The van der Waals surface area contributed by atoms with Crippen LogP contribution in [0.3, 0.4) is 0 Å². The van der Waals surface area contributed by atoms with Crippen molar-refractivity contribution >= 4 is 0 Å². The number of ether oxygens (including phenoxy) is 1. The molecule has 1 rings (SSSR count). The summed E-state index contributed by atoms with van der Waals surface area (Å²) in [5.74, 6) is 0.910. The maximum absolute atomic E-state index is 5.35. The molecule has 0 saturated carbocycles. The van der Waals surface area contributed by atoms with Crippen molar-refractivity contribution in [2.24, 2.45) is 5.92 Å². The van der Waals surface area contributed by atoms with Crippen LogP contribution >= 0.6 is 0 Å². The molecule has 1 aliphatic rings. The van der Waals surface area contributed by atoms with Crippen molar-refractivity contribution in [3.63, 3.8) is 0 Å². The van der Waals surface area contributed by atoms with Gasteiger partial charge in [0.2, 0.25) is 0 Å². The Morgan fingerprint density at radius 2 is 1.93 bits per heavy atom. The molecule has 1 heterocycles. The van der Waals surface area contributed by atoms with Gasteiger partial charge in [0.05, 0.1) is 13.2 Å². The van der Waals surface area contributed by atoms with Crippen molar-refractivity contribution in [1.82, 2.24) is 4.90 Å². The van der Waals surface area contributed by atoms with Crippen LogP contribution in [0.15, 0.2) is 0 Å². The molecule has 84 valence electrons. The lowest BCUT2D eigenvalue weighted by Crippen LogP contribution is -2.39. The molecule has 0 spiro atoms. The summed E-state index contributed by atoms with van der Waals surface area (Å²) in [5, 5.41) is 0. The lowest BCUT2D eigenvalue weighted by atomic mass is 9.98. The second-order valence-corrected chi connectivity index (χ2v) is 4.33. The SMILES string of the molecule is CCCCC(CC)CN1CCOCC1. The van der Waals surface area contributed by atoms with Gasteiger partial charge in [-0.2, -0.15) is 0 Å². The predicted molar refractivity (Wildman–Crippen MR) is 60.6 cm³/mol. The molecule has 2 nitrogen and oxygen atoms in total. The molecule has 2 heteroatoms. The van der Waals surface area contributed by atoms with E-state index in [1.165, 1.54) is 32.2 Å². The van der Waals surface area contributed by atoms with E-state index >= 15 is 0 Å². The second-order valence-electron chi connectivity index (χ2n) is 4.33. The van der Waals surface area contributed by atoms with Gasteiger partial charge in [-0.25, -0.2) is 0 Å². The molecule has 1 fully saturated rings. The fourth-order valence-electron chi connectivity index (χ4n) is 2.07. The maximum atomic E-state index is 5.35. The Hall–Kier alpha value is -0.0800. The van der Waals surface area contributed by atoms with Crippen LogP contribution in [0.2, 0.25) is 0 Å². The van der Waals surface area contributed by atoms with Crippen LogP contribution in [0.25, 0.3) is 0 Å². The minimum absolute atomic E-state index is 0.910. The average molecular weight is 199 g/mol. The highest BCUT2D eigenvalue weighted by Gasteiger charge is 2.14. The third-order valence-electron chi connectivity index (χ3n) is 3.16. The molecule has 1 saturated heterocycles. The Morgan fingerprint density at radius 3 is 2.50 bits per heavy atom. The summed E-state index contributed by atoms with van der Waals surface area (Å²) in [7, 11) is 0. The summed E-state index contributed by atoms with van der Waals surface area (Å²) in [6, 6.07) is 0. The highest BCUT2D eigenvalue weighted by Crippen LogP contribution is 2.14. The molecular weight excluding hydrogens is 174 g/mol. The molecule has 0 aromatic heterocycles. The van der Waals surface area contributed by atoms with Crippen LogP contribution < -0.4 is 0 Å². The molecule has 0 bridgehead atoms. The molecule has 0 N–H and O–H groups in total. The Balaban J connectivity index is 2.16. The first-order valence-corrected chi connectivity index (χ1v) is 6.16. The molecule has 14 heavy (non-hydrogen) atoms. The molecule has 1 aliphatic heterocycles. The van der Waals surface area contributed by atoms with E-state index in [9.17, 15) is 0 Å². The monoisotopic (exact) mass is 199 g/mol. The Bertz CT molecular complexity index is 132. The minimum atomic E-state index is 0.910. The first kappa shape index (κ1) is 12.0. The van der Waals surface area contributed by atoms with Gasteiger partial charge >= 0.3 is 0 Å². The van der Waals surface area contributed by atoms with E-state index < -0.39 is 0 Å². The third-order valence-corrected chi connectivity index (χ3v) is 3.16. The summed E-state index contributed by atoms with van der Waals surface area (Å²) in [6.07, 6.45) is 5.46. The first-order valence-electron chi connectivity index (χ1n) is 6.16. The zero-order valence-electron chi connectivity index (χ0n) is 9.80. The van der Waals surface area contributed by atoms with E-state index in [1.54, 1.807) is 0 Å². The lowest BCUT2D eigenvalue weighted by molar-refractivity contribution is 0.0296. The van der Waals surface area contributed by atoms with Gasteiger partial charge in [0.15, 0.2) is 0 Å². The minimum Gasteiger partial charge on any atom is -0.379 e. The van der Waals surface area contributed by atoms with Gasteiger partial charge in [-0.1, -0.05) is 33.1 Å². The van der Waals surface area contributed by atoms with Crippen molar-refractivity contribution in [3.05, 3.63) is 0 Å². The van der Waals surface area contributed by atoms with Gasteiger partial charge in [-0.3, -0.25) is 4.90 Å². The van der Waals surface area contributed by atoms with E-state index in [0.29, 0.717) is 0 Å². The van der Waals surface area contributed by atoms with Crippen LogP contribution in [0, 0.1) is 5.92 Å². The predicted octanol–water partition coefficient (Wildman–Crippen LogP) is 2.54. The summed E-state index contributed by atoms with van der Waals surface area (Å²) in [4.78, 5) is 2.56. The Labute approximate surface area is 88.6 Å². The van der Waals surface area contributed by atoms with Gasteiger partial charge in [0, 0.05) is 19.6 Å². The van der Waals surface area contributed by atoms with Crippen molar-refractivity contribution in [1.29, 1.82) is 0 Å². The van der Waals surface area contributed by atoms with E-state index in [1.807, 2.05) is 0 Å². The van der Waals surface area contributed by atoms with Crippen LogP contribution in [-0.2, 0) is 4.74 Å². The van der Waals surface area contributed by atoms with Crippen molar-refractivity contribution in [3.8, 4) is 0 Å². The van der Waals surface area contributed by atoms with Crippen LogP contribution in [0.4, 0.5) is 0 Å². The van der Waals surface area contributed by atoms with Gasteiger partial charge in [0.25, 0.3) is 0 Å². The summed E-state index contributed by atoms with van der Waals surface area (Å²) >= 11 is 0. The van der Waals surface area contributed by atoms with E-state index in [0.717, 1.165) is 32.2 Å². The summed E-state index contributed by atoms with van der Waals surface area (Å²) < 4.78 is 5.35. The number of nitrogens with zero attached hydrogens (tertiary/aromatic N) is 1. The highest BCUT2D eigenvalue weighted by atomic mass is 16.5. The van der Waals surface area contributed by atoms with Gasteiger partial charge in [-0.05, 0) is 12.3 Å². The summed E-state index contributed by atoms with van der Waals surface area (Å²) in [6.45, 7) is 10.0. The molecule has 0 amide bonds. The van der Waals surface area contributed by atoms with Crippen molar-refractivity contribution < 1.29 is 4.74 Å². The van der Waals surface area contributed by atoms with Gasteiger partial charge in [0.1, 0.15) is 0 Å². The van der Waals surface area contributed by atoms with Crippen LogP contribution in [-0.4, -0.2) is 37.7 Å². The molecule has 0 aliphatic carbocycles. The molecule has 1 unspecified atom stereocenters. The van der Waals surface area contributed by atoms with E-state index in [4.69, 9.17) is 4.74 Å². The number of hydrogen-bond acceptors (Lipinski definition) is 2. The van der Waals surface area contributed by atoms with E-state index in [2.05, 4.69) is 18.7 Å². The zero-order chi connectivity index (χ0) is 10.2. The molecule has 0 aromatic rings. The zero-order valence-corrected chi connectivity index (χ0v) is 9.80. The number of unbranched alkanes of at least 4 members (excludes halogenated alkanes) is 1. The fraction of sp³-hybridized carbons (Fsp3) is 1.00. The van der Waals surface area contributed by atoms with Crippen LogP contribution in [0.1, 0.15) is 39.5 Å². The normalized spacial score (nSPS) is 21.0. The fourth-order valence-corrected chi connectivity index (χ4v) is 2.07. The quantitative estimate of drug-likeness (QED) is 0.652. The second kappa shape index (κ2) is 7.24. The average Bonchev–Trinajstić information content (AvgIpc) is 2.25. The highest BCUT2D eigenvalue weighted by molar-refractivity contribution is 4.67. The smallest absolute Gasteiger partial charge is 0.0594 e. The standard InChI is InChI=1S/C12H25NO/c1-3-5-6-12(4-2)11-13-7-9-14-10-8-13/h12H,3-11H2,1-2H3. The first-order chi connectivity index (χ1) is 6.86. The van der Waals surface area contributed by atoms with Gasteiger partial charge < -0.3 is 4.74 Å². The molecular formula is C12H25NO. The maximum Gasteiger partial charge on any atom is 0.0594 e. The largest absolute Gasteiger partial charge is 0.379 e.